The van der Waals surface area contributed by atoms with Crippen LogP contribution in [0.4, 0.5) is 0 Å². The van der Waals surface area contributed by atoms with Crippen LogP contribution >= 0.6 is 0 Å². The summed E-state index contributed by atoms with van der Waals surface area (Å²) in [5.74, 6) is 0.124. The number of Topliss-reactive ketones (excluding diaryl/α,β-unsaturated/α-hetero) is 1. The molecule has 0 amide bonds. The van der Waals surface area contributed by atoms with E-state index < -0.39 is 10.0 Å². The molecule has 0 fully saturated rings. The number of sulfonamides is 1. The van der Waals surface area contributed by atoms with Crippen LogP contribution in [0.15, 0.2) is 0 Å². The molecule has 0 aliphatic heterocycles. The number of hydrogen-bond donors (Lipinski definition) is 1. The molecule has 12 heavy (non-hydrogen) atoms. The summed E-state index contributed by atoms with van der Waals surface area (Å²) < 4.78 is 24.3. The zero-order valence-electron chi connectivity index (χ0n) is 7.46. The van der Waals surface area contributed by atoms with E-state index >= 15 is 0 Å². The van der Waals surface area contributed by atoms with Gasteiger partial charge < -0.3 is 0 Å². The van der Waals surface area contributed by atoms with Crippen molar-refractivity contribution in [2.75, 3.05) is 12.3 Å². The minimum Gasteiger partial charge on any atom is -0.300 e. The maximum absolute atomic E-state index is 11.0. The average Bonchev–Trinajstić information content (AvgIpc) is 1.85. The largest absolute Gasteiger partial charge is 0.300 e. The van der Waals surface area contributed by atoms with E-state index in [4.69, 9.17) is 0 Å². The van der Waals surface area contributed by atoms with Crippen molar-refractivity contribution in [3.05, 3.63) is 0 Å². The monoisotopic (exact) mass is 193 g/mol. The molecule has 72 valence electrons. The lowest BCUT2D eigenvalue weighted by Gasteiger charge is -2.02. The van der Waals surface area contributed by atoms with Gasteiger partial charge >= 0.3 is 0 Å². The lowest BCUT2D eigenvalue weighted by molar-refractivity contribution is -0.116. The van der Waals surface area contributed by atoms with Gasteiger partial charge in [0.05, 0.1) is 5.75 Å². The number of carbonyl (C=O) groups is 1. The highest BCUT2D eigenvalue weighted by Gasteiger charge is 2.07. The van der Waals surface area contributed by atoms with Gasteiger partial charge in [-0.05, 0) is 13.3 Å². The number of rotatable bonds is 6. The van der Waals surface area contributed by atoms with Crippen LogP contribution in [0.25, 0.3) is 0 Å². The highest BCUT2D eigenvalue weighted by Crippen LogP contribution is 1.88. The third kappa shape index (κ3) is 6.30. The Morgan fingerprint density at radius 2 is 2.00 bits per heavy atom. The zero-order chi connectivity index (χ0) is 9.61. The van der Waals surface area contributed by atoms with Gasteiger partial charge in [-0.2, -0.15) is 0 Å². The van der Waals surface area contributed by atoms with Crippen LogP contribution in [-0.4, -0.2) is 26.5 Å². The predicted molar refractivity (Wildman–Crippen MR) is 47.4 cm³/mol. The van der Waals surface area contributed by atoms with E-state index in [1.54, 1.807) is 6.92 Å². The SMILES string of the molecule is CCCS(=O)(=O)NCCC(C)=O. The molecule has 0 aliphatic rings. The first-order chi connectivity index (χ1) is 5.48. The minimum absolute atomic E-state index is 0.00537. The molecule has 0 rings (SSSR count). The molecule has 0 heterocycles. The van der Waals surface area contributed by atoms with Crippen molar-refractivity contribution in [1.29, 1.82) is 0 Å². The van der Waals surface area contributed by atoms with Gasteiger partial charge in [-0.15, -0.1) is 0 Å². The van der Waals surface area contributed by atoms with E-state index in [-0.39, 0.29) is 24.5 Å². The molecule has 0 radical (unpaired) electrons. The summed E-state index contributed by atoms with van der Waals surface area (Å²) >= 11 is 0. The Balaban J connectivity index is 3.69. The van der Waals surface area contributed by atoms with Gasteiger partial charge in [0.15, 0.2) is 0 Å². The second-order valence-electron chi connectivity index (χ2n) is 2.67. The molecule has 0 saturated heterocycles. The summed E-state index contributed by atoms with van der Waals surface area (Å²) in [4.78, 5) is 10.5. The van der Waals surface area contributed by atoms with Crippen molar-refractivity contribution in [3.8, 4) is 0 Å². The molecule has 0 aliphatic carbocycles. The Morgan fingerprint density at radius 3 is 2.42 bits per heavy atom. The van der Waals surface area contributed by atoms with Crippen LogP contribution in [0.3, 0.4) is 0 Å². The normalized spacial score (nSPS) is 11.5. The summed E-state index contributed by atoms with van der Waals surface area (Å²) in [7, 11) is -3.13. The Kier molecular flexibility index (Phi) is 5.08. The van der Waals surface area contributed by atoms with Crippen LogP contribution in [0.2, 0.25) is 0 Å². The van der Waals surface area contributed by atoms with E-state index in [1.807, 2.05) is 0 Å². The van der Waals surface area contributed by atoms with Gasteiger partial charge in [-0.1, -0.05) is 6.92 Å². The van der Waals surface area contributed by atoms with E-state index in [2.05, 4.69) is 4.72 Å². The summed E-state index contributed by atoms with van der Waals surface area (Å²) in [6.07, 6.45) is 0.859. The Morgan fingerprint density at radius 1 is 1.42 bits per heavy atom. The third-order valence-corrected chi connectivity index (χ3v) is 2.86. The molecule has 0 bridgehead atoms. The van der Waals surface area contributed by atoms with Crippen molar-refractivity contribution in [2.24, 2.45) is 0 Å². The molecular formula is C7H15NO3S. The molecule has 4 nitrogen and oxygen atoms in total. The Hall–Kier alpha value is -0.420. The number of carbonyl (C=O) groups excluding carboxylic acids is 1. The summed E-state index contributed by atoms with van der Waals surface area (Å²) in [6.45, 7) is 3.45. The first-order valence-electron chi connectivity index (χ1n) is 3.94. The molecule has 0 aromatic rings. The van der Waals surface area contributed by atoms with Gasteiger partial charge in [0.25, 0.3) is 0 Å². The Bertz CT molecular complexity index is 233. The van der Waals surface area contributed by atoms with Crippen molar-refractivity contribution < 1.29 is 13.2 Å². The lowest BCUT2D eigenvalue weighted by Crippen LogP contribution is -2.27. The molecule has 0 atom stereocenters. The van der Waals surface area contributed by atoms with Crippen molar-refractivity contribution >= 4 is 15.8 Å². The number of ketones is 1. The fourth-order valence-electron chi connectivity index (χ4n) is 0.723. The van der Waals surface area contributed by atoms with Crippen LogP contribution in [-0.2, 0) is 14.8 Å². The second kappa shape index (κ2) is 5.27. The predicted octanol–water partition coefficient (Wildman–Crippen LogP) is 0.295. The van der Waals surface area contributed by atoms with Gasteiger partial charge in [-0.25, -0.2) is 13.1 Å². The smallest absolute Gasteiger partial charge is 0.211 e. The van der Waals surface area contributed by atoms with E-state index in [0.29, 0.717) is 6.42 Å². The topological polar surface area (TPSA) is 63.2 Å². The van der Waals surface area contributed by atoms with Crippen LogP contribution in [0.5, 0.6) is 0 Å². The summed E-state index contributed by atoms with van der Waals surface area (Å²) in [5.41, 5.74) is 0. The molecule has 0 aromatic carbocycles. The van der Waals surface area contributed by atoms with Gasteiger partial charge in [0, 0.05) is 13.0 Å². The standard InChI is InChI=1S/C7H15NO3S/c1-3-6-12(10,11)8-5-4-7(2)9/h8H,3-6H2,1-2H3. The number of hydrogen-bond acceptors (Lipinski definition) is 3. The molecule has 0 unspecified atom stereocenters. The maximum Gasteiger partial charge on any atom is 0.211 e. The van der Waals surface area contributed by atoms with Crippen LogP contribution < -0.4 is 4.72 Å². The fourth-order valence-corrected chi connectivity index (χ4v) is 1.82. The van der Waals surface area contributed by atoms with E-state index in [1.165, 1.54) is 6.92 Å². The maximum atomic E-state index is 11.0. The lowest BCUT2D eigenvalue weighted by atomic mass is 10.3. The molecule has 0 spiro atoms. The van der Waals surface area contributed by atoms with Gasteiger partial charge in [0.1, 0.15) is 5.78 Å². The first kappa shape index (κ1) is 11.6. The quantitative estimate of drug-likeness (QED) is 0.659. The van der Waals surface area contributed by atoms with Crippen LogP contribution in [0, 0.1) is 0 Å². The summed E-state index contributed by atoms with van der Waals surface area (Å²) in [5, 5.41) is 0. The molecule has 1 N–H and O–H groups in total. The molecular weight excluding hydrogens is 178 g/mol. The van der Waals surface area contributed by atoms with E-state index in [9.17, 15) is 13.2 Å². The average molecular weight is 193 g/mol. The minimum atomic E-state index is -3.13. The van der Waals surface area contributed by atoms with Crippen molar-refractivity contribution in [2.45, 2.75) is 26.7 Å². The highest BCUT2D eigenvalue weighted by molar-refractivity contribution is 7.89. The third-order valence-electron chi connectivity index (χ3n) is 1.27. The fraction of sp³-hybridized carbons (Fsp3) is 0.857. The second-order valence-corrected chi connectivity index (χ2v) is 4.59. The number of nitrogens with one attached hydrogen (secondary N) is 1. The highest BCUT2D eigenvalue weighted by atomic mass is 32.2. The molecule has 0 aromatic heterocycles. The Labute approximate surface area is 73.4 Å². The molecule has 0 saturated carbocycles. The van der Waals surface area contributed by atoms with Gasteiger partial charge in [-0.3, -0.25) is 4.79 Å². The van der Waals surface area contributed by atoms with Crippen molar-refractivity contribution in [1.82, 2.24) is 4.72 Å². The summed E-state index contributed by atoms with van der Waals surface area (Å²) in [6, 6.07) is 0. The van der Waals surface area contributed by atoms with E-state index in [0.717, 1.165) is 0 Å². The molecule has 5 heteroatoms. The zero-order valence-corrected chi connectivity index (χ0v) is 8.28. The first-order valence-corrected chi connectivity index (χ1v) is 5.60. The van der Waals surface area contributed by atoms with Gasteiger partial charge in [0.2, 0.25) is 10.0 Å². The van der Waals surface area contributed by atoms with Crippen LogP contribution in [0.1, 0.15) is 26.7 Å². The van der Waals surface area contributed by atoms with Crippen molar-refractivity contribution in [3.63, 3.8) is 0 Å².